The molecule has 0 aliphatic carbocycles. The molecule has 7 heteroatoms. The van der Waals surface area contributed by atoms with Gasteiger partial charge in [-0.2, -0.15) is 5.26 Å². The molecule has 2 aromatic carbocycles. The summed E-state index contributed by atoms with van der Waals surface area (Å²) in [5.41, 5.74) is 3.09. The summed E-state index contributed by atoms with van der Waals surface area (Å²) in [5, 5.41) is 22.5. The zero-order valence-electron chi connectivity index (χ0n) is 16.0. The number of carbonyl (C=O) groups is 1. The SMILES string of the molecule is N#Cc1ccc(C(=O)N[C@@H](c2ccc(Cl)cc2)c2ccc(Cl)cn2)cc1CCCO. The molecule has 2 N–H and O–H groups in total. The van der Waals surface area contributed by atoms with Gasteiger partial charge >= 0.3 is 0 Å². The Bertz CT molecular complexity index is 1020. The van der Waals surface area contributed by atoms with Gasteiger partial charge in [-0.25, -0.2) is 0 Å². The molecule has 1 heterocycles. The van der Waals surface area contributed by atoms with Gasteiger partial charge < -0.3 is 10.4 Å². The van der Waals surface area contributed by atoms with Crippen LogP contribution in [0.5, 0.6) is 0 Å². The van der Waals surface area contributed by atoms with Gasteiger partial charge in [0.15, 0.2) is 0 Å². The number of hydrogen-bond donors (Lipinski definition) is 2. The highest BCUT2D eigenvalue weighted by Crippen LogP contribution is 2.24. The summed E-state index contributed by atoms with van der Waals surface area (Å²) in [4.78, 5) is 17.4. The molecule has 152 valence electrons. The number of amides is 1. The van der Waals surface area contributed by atoms with Crippen LogP contribution in [0.25, 0.3) is 0 Å². The first-order valence-electron chi connectivity index (χ1n) is 9.33. The van der Waals surface area contributed by atoms with Crippen LogP contribution in [0.15, 0.2) is 60.8 Å². The molecule has 3 aromatic rings. The molecule has 30 heavy (non-hydrogen) atoms. The van der Waals surface area contributed by atoms with E-state index in [9.17, 15) is 10.1 Å². The first-order valence-corrected chi connectivity index (χ1v) is 10.1. The maximum absolute atomic E-state index is 13.0. The van der Waals surface area contributed by atoms with Crippen molar-refractivity contribution in [3.63, 3.8) is 0 Å². The van der Waals surface area contributed by atoms with Gasteiger partial charge in [0.25, 0.3) is 5.91 Å². The van der Waals surface area contributed by atoms with Gasteiger partial charge in [-0.15, -0.1) is 0 Å². The second-order valence-corrected chi connectivity index (χ2v) is 7.54. The number of aliphatic hydroxyl groups excluding tert-OH is 1. The number of aliphatic hydroxyl groups is 1. The predicted octanol–water partition coefficient (Wildman–Crippen LogP) is 4.70. The van der Waals surface area contributed by atoms with Crippen molar-refractivity contribution in [3.05, 3.63) is 98.8 Å². The summed E-state index contributed by atoms with van der Waals surface area (Å²) < 4.78 is 0. The number of benzene rings is 2. The van der Waals surface area contributed by atoms with E-state index >= 15 is 0 Å². The third kappa shape index (κ3) is 5.37. The molecular weight excluding hydrogens is 421 g/mol. The van der Waals surface area contributed by atoms with Gasteiger partial charge in [-0.1, -0.05) is 35.3 Å². The van der Waals surface area contributed by atoms with Gasteiger partial charge in [-0.3, -0.25) is 9.78 Å². The van der Waals surface area contributed by atoms with Crippen LogP contribution in [-0.4, -0.2) is 22.6 Å². The fourth-order valence-electron chi connectivity index (χ4n) is 3.08. The number of nitriles is 1. The monoisotopic (exact) mass is 439 g/mol. The van der Waals surface area contributed by atoms with Crippen molar-refractivity contribution < 1.29 is 9.90 Å². The highest BCUT2D eigenvalue weighted by Gasteiger charge is 2.20. The normalized spacial score (nSPS) is 11.5. The van der Waals surface area contributed by atoms with Crippen molar-refractivity contribution in [3.8, 4) is 6.07 Å². The molecule has 0 bridgehead atoms. The van der Waals surface area contributed by atoms with Gasteiger partial charge in [0.1, 0.15) is 0 Å². The third-order valence-corrected chi connectivity index (χ3v) is 5.09. The molecule has 3 rings (SSSR count). The lowest BCUT2D eigenvalue weighted by atomic mass is 9.99. The highest BCUT2D eigenvalue weighted by molar-refractivity contribution is 6.30. The average molecular weight is 440 g/mol. The Hall–Kier alpha value is -2.91. The molecule has 0 aliphatic rings. The van der Waals surface area contributed by atoms with Crippen molar-refractivity contribution in [1.82, 2.24) is 10.3 Å². The Morgan fingerprint density at radius 2 is 1.83 bits per heavy atom. The van der Waals surface area contributed by atoms with Crippen molar-refractivity contribution >= 4 is 29.1 Å². The topological polar surface area (TPSA) is 86.0 Å². The first-order chi connectivity index (χ1) is 14.5. The smallest absolute Gasteiger partial charge is 0.252 e. The Morgan fingerprint density at radius 1 is 1.10 bits per heavy atom. The average Bonchev–Trinajstić information content (AvgIpc) is 2.77. The summed E-state index contributed by atoms with van der Waals surface area (Å²) >= 11 is 12.0. The van der Waals surface area contributed by atoms with E-state index < -0.39 is 6.04 Å². The third-order valence-electron chi connectivity index (χ3n) is 4.62. The molecule has 0 radical (unpaired) electrons. The molecule has 0 spiro atoms. The predicted molar refractivity (Wildman–Crippen MR) is 117 cm³/mol. The number of aryl methyl sites for hydroxylation is 1. The van der Waals surface area contributed by atoms with Crippen LogP contribution in [0.2, 0.25) is 10.0 Å². The maximum atomic E-state index is 13.0. The Morgan fingerprint density at radius 3 is 2.47 bits per heavy atom. The molecule has 0 unspecified atom stereocenters. The molecule has 0 saturated carbocycles. The lowest BCUT2D eigenvalue weighted by molar-refractivity contribution is 0.0942. The highest BCUT2D eigenvalue weighted by atomic mass is 35.5. The molecule has 5 nitrogen and oxygen atoms in total. The standard InChI is InChI=1S/C23H19Cl2N3O2/c24-19-7-5-15(6-8-19)22(21-10-9-20(25)14-27-21)28-23(30)17-3-4-18(13-26)16(12-17)2-1-11-29/h3-10,12,14,22,29H,1-2,11H2,(H,28,30)/t22-/m0/s1. The lowest BCUT2D eigenvalue weighted by Gasteiger charge is -2.19. The quantitative estimate of drug-likeness (QED) is 0.558. The van der Waals surface area contributed by atoms with E-state index in [1.807, 2.05) is 12.1 Å². The summed E-state index contributed by atoms with van der Waals surface area (Å²) in [6.45, 7) is 0.0160. The number of nitrogens with zero attached hydrogens (tertiary/aromatic N) is 2. The number of hydrogen-bond acceptors (Lipinski definition) is 4. The van der Waals surface area contributed by atoms with Gasteiger partial charge in [0.2, 0.25) is 0 Å². The lowest BCUT2D eigenvalue weighted by Crippen LogP contribution is -2.30. The van der Waals surface area contributed by atoms with Gasteiger partial charge in [0, 0.05) is 23.4 Å². The number of nitrogens with one attached hydrogen (secondary N) is 1. The van der Waals surface area contributed by atoms with E-state index in [1.165, 1.54) is 6.20 Å². The molecule has 1 aromatic heterocycles. The minimum Gasteiger partial charge on any atom is -0.396 e. The summed E-state index contributed by atoms with van der Waals surface area (Å²) in [6.07, 6.45) is 2.56. The Balaban J connectivity index is 1.92. The number of halogens is 2. The van der Waals surface area contributed by atoms with Crippen molar-refractivity contribution in [1.29, 1.82) is 5.26 Å². The van der Waals surface area contributed by atoms with Crippen molar-refractivity contribution in [2.45, 2.75) is 18.9 Å². The van der Waals surface area contributed by atoms with Gasteiger partial charge in [0.05, 0.1) is 28.4 Å². The second-order valence-electron chi connectivity index (χ2n) is 6.67. The van der Waals surface area contributed by atoms with E-state index in [-0.39, 0.29) is 12.5 Å². The Kier molecular flexibility index (Phi) is 7.42. The summed E-state index contributed by atoms with van der Waals surface area (Å²) in [5.74, 6) is -0.304. The molecule has 1 atom stereocenters. The molecule has 0 saturated heterocycles. The maximum Gasteiger partial charge on any atom is 0.252 e. The largest absolute Gasteiger partial charge is 0.396 e. The van der Waals surface area contributed by atoms with Crippen LogP contribution in [0.3, 0.4) is 0 Å². The molecule has 1 amide bonds. The van der Waals surface area contributed by atoms with Crippen LogP contribution in [0.4, 0.5) is 0 Å². The van der Waals surface area contributed by atoms with Crippen LogP contribution >= 0.6 is 23.2 Å². The van der Waals surface area contributed by atoms with E-state index in [0.717, 1.165) is 11.1 Å². The minimum atomic E-state index is -0.511. The van der Waals surface area contributed by atoms with Crippen molar-refractivity contribution in [2.24, 2.45) is 0 Å². The number of aromatic nitrogens is 1. The van der Waals surface area contributed by atoms with Crippen LogP contribution in [-0.2, 0) is 6.42 Å². The molecule has 0 aliphatic heterocycles. The molecular formula is C23H19Cl2N3O2. The number of pyridine rings is 1. The Labute approximate surface area is 184 Å². The van der Waals surface area contributed by atoms with Crippen LogP contribution < -0.4 is 5.32 Å². The fraction of sp³-hybridized carbons (Fsp3) is 0.174. The molecule has 0 fully saturated rings. The zero-order valence-corrected chi connectivity index (χ0v) is 17.5. The zero-order chi connectivity index (χ0) is 21.5. The minimum absolute atomic E-state index is 0.0160. The second kappa shape index (κ2) is 10.2. The van der Waals surface area contributed by atoms with Gasteiger partial charge in [-0.05, 0) is 66.4 Å². The van der Waals surface area contributed by atoms with E-state index in [0.29, 0.717) is 39.7 Å². The van der Waals surface area contributed by atoms with E-state index in [4.69, 9.17) is 28.3 Å². The first kappa shape index (κ1) is 21.8. The summed E-state index contributed by atoms with van der Waals surface area (Å²) in [7, 11) is 0. The van der Waals surface area contributed by atoms with Crippen molar-refractivity contribution in [2.75, 3.05) is 6.61 Å². The number of rotatable bonds is 7. The van der Waals surface area contributed by atoms with E-state index in [2.05, 4.69) is 16.4 Å². The van der Waals surface area contributed by atoms with Crippen LogP contribution in [0, 0.1) is 11.3 Å². The van der Waals surface area contributed by atoms with Crippen LogP contribution in [0.1, 0.15) is 45.2 Å². The number of carbonyl (C=O) groups excluding carboxylic acids is 1. The fourth-order valence-corrected chi connectivity index (χ4v) is 3.31. The van der Waals surface area contributed by atoms with E-state index in [1.54, 1.807) is 42.5 Å². The summed E-state index contributed by atoms with van der Waals surface area (Å²) in [6, 6.07) is 17.2.